The zero-order valence-corrected chi connectivity index (χ0v) is 19.2. The van der Waals surface area contributed by atoms with Crippen LogP contribution in [0.25, 0.3) is 0 Å². The Morgan fingerprint density at radius 1 is 0.971 bits per heavy atom. The lowest BCUT2D eigenvalue weighted by Crippen LogP contribution is -2.46. The summed E-state index contributed by atoms with van der Waals surface area (Å²) in [7, 11) is 0. The van der Waals surface area contributed by atoms with E-state index < -0.39 is 0 Å². The van der Waals surface area contributed by atoms with Gasteiger partial charge in [0.2, 0.25) is 0 Å². The highest BCUT2D eigenvalue weighted by Gasteiger charge is 2.23. The maximum absolute atomic E-state index is 13.4. The van der Waals surface area contributed by atoms with Gasteiger partial charge in [0.1, 0.15) is 5.82 Å². The summed E-state index contributed by atoms with van der Waals surface area (Å²) in [4.78, 5) is 27.4. The Morgan fingerprint density at radius 2 is 1.71 bits per heavy atom. The van der Waals surface area contributed by atoms with E-state index in [0.29, 0.717) is 11.1 Å². The highest BCUT2D eigenvalue weighted by molar-refractivity contribution is 5.99. The third kappa shape index (κ3) is 6.13. The Bertz CT molecular complexity index is 1140. The van der Waals surface area contributed by atoms with E-state index in [9.17, 15) is 14.0 Å². The van der Waals surface area contributed by atoms with Gasteiger partial charge < -0.3 is 20.9 Å². The molecular formula is C27H29FN4O2. The molecule has 3 amide bonds. The first-order valence-electron chi connectivity index (χ1n) is 11.5. The van der Waals surface area contributed by atoms with Gasteiger partial charge in [-0.25, -0.2) is 9.18 Å². The lowest BCUT2D eigenvalue weighted by molar-refractivity contribution is 0.0951. The number of carbonyl (C=O) groups is 2. The number of piperidine rings is 1. The van der Waals surface area contributed by atoms with Crippen LogP contribution in [-0.2, 0) is 6.54 Å². The molecule has 0 aliphatic carbocycles. The van der Waals surface area contributed by atoms with Gasteiger partial charge in [-0.2, -0.15) is 0 Å². The second kappa shape index (κ2) is 10.8. The van der Waals surface area contributed by atoms with E-state index in [2.05, 4.69) is 20.9 Å². The summed E-state index contributed by atoms with van der Waals surface area (Å²) in [5.41, 5.74) is 4.06. The molecule has 7 heteroatoms. The van der Waals surface area contributed by atoms with E-state index in [4.69, 9.17) is 0 Å². The minimum atomic E-state index is -0.323. The highest BCUT2D eigenvalue weighted by Crippen LogP contribution is 2.24. The van der Waals surface area contributed by atoms with Crippen LogP contribution in [0.5, 0.6) is 0 Å². The Hall–Kier alpha value is -3.87. The van der Waals surface area contributed by atoms with Gasteiger partial charge in [-0.15, -0.1) is 0 Å². The van der Waals surface area contributed by atoms with Crippen LogP contribution >= 0.6 is 0 Å². The number of nitrogens with one attached hydrogen (secondary N) is 3. The molecule has 3 aromatic carbocycles. The molecule has 4 rings (SSSR count). The van der Waals surface area contributed by atoms with Crippen molar-refractivity contribution in [3.63, 3.8) is 0 Å². The first-order valence-corrected chi connectivity index (χ1v) is 11.5. The van der Waals surface area contributed by atoms with E-state index in [1.165, 1.54) is 12.1 Å². The number of amides is 3. The average Bonchev–Trinajstić information content (AvgIpc) is 2.84. The van der Waals surface area contributed by atoms with E-state index in [1.807, 2.05) is 49.4 Å². The molecule has 1 aliphatic rings. The Morgan fingerprint density at radius 3 is 2.44 bits per heavy atom. The molecule has 0 atom stereocenters. The number of carbonyl (C=O) groups excluding carboxylic acids is 2. The van der Waals surface area contributed by atoms with Crippen LogP contribution in [0.15, 0.2) is 72.8 Å². The fraction of sp³-hybridized carbons (Fsp3) is 0.259. The van der Waals surface area contributed by atoms with Crippen LogP contribution in [0.3, 0.4) is 0 Å². The number of hydrogen-bond acceptors (Lipinski definition) is 3. The van der Waals surface area contributed by atoms with E-state index in [1.54, 1.807) is 18.2 Å². The number of rotatable bonds is 6. The van der Waals surface area contributed by atoms with Gasteiger partial charge in [0.05, 0.1) is 5.56 Å². The fourth-order valence-corrected chi connectivity index (χ4v) is 4.12. The number of anilines is 2. The average molecular weight is 461 g/mol. The molecule has 0 bridgehead atoms. The van der Waals surface area contributed by atoms with Crippen LogP contribution in [0.4, 0.5) is 20.6 Å². The molecule has 1 aliphatic heterocycles. The zero-order chi connectivity index (χ0) is 23.9. The van der Waals surface area contributed by atoms with Gasteiger partial charge in [-0.1, -0.05) is 42.0 Å². The van der Waals surface area contributed by atoms with Crippen LogP contribution in [0.2, 0.25) is 0 Å². The van der Waals surface area contributed by atoms with Crippen LogP contribution < -0.4 is 20.9 Å². The molecule has 3 N–H and O–H groups in total. The predicted molar refractivity (Wildman–Crippen MR) is 133 cm³/mol. The molecule has 0 aromatic heterocycles. The van der Waals surface area contributed by atoms with Crippen molar-refractivity contribution in [1.29, 1.82) is 0 Å². The summed E-state index contributed by atoms with van der Waals surface area (Å²) < 4.78 is 13.4. The third-order valence-electron chi connectivity index (χ3n) is 5.97. The quantitative estimate of drug-likeness (QED) is 0.492. The molecule has 6 nitrogen and oxygen atoms in total. The molecule has 34 heavy (non-hydrogen) atoms. The van der Waals surface area contributed by atoms with Crippen molar-refractivity contribution < 1.29 is 14.0 Å². The molecule has 0 unspecified atom stereocenters. The van der Waals surface area contributed by atoms with Gasteiger partial charge in [0, 0.05) is 37.1 Å². The lowest BCUT2D eigenvalue weighted by Gasteiger charge is -2.34. The summed E-state index contributed by atoms with van der Waals surface area (Å²) in [6.45, 7) is 3.71. The molecule has 1 saturated heterocycles. The van der Waals surface area contributed by atoms with Gasteiger partial charge in [0.25, 0.3) is 5.91 Å². The predicted octanol–water partition coefficient (Wildman–Crippen LogP) is 4.85. The largest absolute Gasteiger partial charge is 0.371 e. The summed E-state index contributed by atoms with van der Waals surface area (Å²) >= 11 is 0. The molecule has 0 spiro atoms. The zero-order valence-electron chi connectivity index (χ0n) is 19.2. The van der Waals surface area contributed by atoms with Crippen molar-refractivity contribution >= 4 is 23.3 Å². The normalized spacial score (nSPS) is 13.9. The number of hydrogen-bond donors (Lipinski definition) is 3. The van der Waals surface area contributed by atoms with E-state index >= 15 is 0 Å². The smallest absolute Gasteiger partial charge is 0.319 e. The Kier molecular flexibility index (Phi) is 7.42. The number of nitrogens with zero attached hydrogens (tertiary/aromatic N) is 1. The van der Waals surface area contributed by atoms with Crippen molar-refractivity contribution in [2.75, 3.05) is 23.3 Å². The van der Waals surface area contributed by atoms with Gasteiger partial charge in [-0.05, 0) is 61.7 Å². The standard InChI is InChI=1S/C27H29FN4O2/c1-19-9-11-22(12-10-19)30-27(34)31-23-13-15-32(16-14-23)25-8-3-2-7-24(25)26(33)29-18-20-5-4-6-21(28)17-20/h2-12,17,23H,13-16,18H2,1H3,(H,29,33)(H2,30,31,34). The minimum Gasteiger partial charge on any atom is -0.371 e. The van der Waals surface area contributed by atoms with E-state index in [-0.39, 0.29) is 30.3 Å². The number of para-hydroxylation sites is 1. The summed E-state index contributed by atoms with van der Waals surface area (Å²) in [5, 5.41) is 8.81. The van der Waals surface area contributed by atoms with Crippen molar-refractivity contribution in [3.8, 4) is 0 Å². The highest BCUT2D eigenvalue weighted by atomic mass is 19.1. The first kappa shape index (κ1) is 23.3. The van der Waals surface area contributed by atoms with Gasteiger partial charge >= 0.3 is 6.03 Å². The minimum absolute atomic E-state index is 0.0654. The van der Waals surface area contributed by atoms with Crippen LogP contribution in [0, 0.1) is 12.7 Å². The molecule has 0 radical (unpaired) electrons. The van der Waals surface area contributed by atoms with Crippen molar-refractivity contribution in [2.24, 2.45) is 0 Å². The summed E-state index contributed by atoms with van der Waals surface area (Å²) in [6.07, 6.45) is 1.56. The molecular weight excluding hydrogens is 431 g/mol. The number of benzene rings is 3. The Labute approximate surface area is 199 Å². The molecule has 3 aromatic rings. The molecule has 176 valence electrons. The molecule has 1 heterocycles. The van der Waals surface area contributed by atoms with E-state index in [0.717, 1.165) is 42.9 Å². The second-order valence-electron chi connectivity index (χ2n) is 8.56. The summed E-state index contributed by atoms with van der Waals surface area (Å²) in [5.74, 6) is -0.520. The SMILES string of the molecule is Cc1ccc(NC(=O)NC2CCN(c3ccccc3C(=O)NCc3cccc(F)c3)CC2)cc1. The lowest BCUT2D eigenvalue weighted by atomic mass is 10.0. The van der Waals surface area contributed by atoms with Gasteiger partial charge in [-0.3, -0.25) is 4.79 Å². The van der Waals surface area contributed by atoms with Crippen molar-refractivity contribution in [2.45, 2.75) is 32.4 Å². The fourth-order valence-electron chi connectivity index (χ4n) is 4.12. The van der Waals surface area contributed by atoms with Crippen molar-refractivity contribution in [3.05, 3.63) is 95.3 Å². The number of urea groups is 1. The molecule has 0 saturated carbocycles. The molecule has 1 fully saturated rings. The number of halogens is 1. The summed E-state index contributed by atoms with van der Waals surface area (Å²) in [6, 6.07) is 21.2. The van der Waals surface area contributed by atoms with Crippen LogP contribution in [0.1, 0.15) is 34.3 Å². The first-order chi connectivity index (χ1) is 16.5. The number of aryl methyl sites for hydroxylation is 1. The van der Waals surface area contributed by atoms with Crippen LogP contribution in [-0.4, -0.2) is 31.1 Å². The second-order valence-corrected chi connectivity index (χ2v) is 8.56. The topological polar surface area (TPSA) is 73.5 Å². The third-order valence-corrected chi connectivity index (χ3v) is 5.97. The van der Waals surface area contributed by atoms with Crippen molar-refractivity contribution in [1.82, 2.24) is 10.6 Å². The maximum Gasteiger partial charge on any atom is 0.319 e. The maximum atomic E-state index is 13.4. The van der Waals surface area contributed by atoms with Gasteiger partial charge in [0.15, 0.2) is 0 Å². The monoisotopic (exact) mass is 460 g/mol. The Balaban J connectivity index is 1.31.